The molecule has 0 bridgehead atoms. The van der Waals surface area contributed by atoms with Crippen LogP contribution in [0.2, 0.25) is 0 Å². The Labute approximate surface area is 119 Å². The minimum atomic E-state index is -0.103. The van der Waals surface area contributed by atoms with Crippen LogP contribution in [0, 0.1) is 0 Å². The number of fused-ring (bicyclic) bond motifs is 1. The predicted octanol–water partition coefficient (Wildman–Crippen LogP) is 1.63. The number of carbonyl (C=O) groups excluding carboxylic acids is 1. The molecule has 110 valence electrons. The molecule has 0 aromatic heterocycles. The highest BCUT2D eigenvalue weighted by Crippen LogP contribution is 2.34. The second-order valence-corrected chi connectivity index (χ2v) is 5.02. The zero-order valence-electron chi connectivity index (χ0n) is 12.2. The number of benzene rings is 1. The van der Waals surface area contributed by atoms with Crippen molar-refractivity contribution in [2.45, 2.75) is 32.4 Å². The van der Waals surface area contributed by atoms with E-state index in [1.165, 1.54) is 0 Å². The lowest BCUT2D eigenvalue weighted by molar-refractivity contribution is -0.123. The van der Waals surface area contributed by atoms with E-state index in [4.69, 9.17) is 9.47 Å². The first-order valence-corrected chi connectivity index (χ1v) is 7.00. The average molecular weight is 278 g/mol. The van der Waals surface area contributed by atoms with Gasteiger partial charge in [0, 0.05) is 17.7 Å². The number of rotatable bonds is 6. The molecule has 0 fully saturated rings. The van der Waals surface area contributed by atoms with E-state index in [2.05, 4.69) is 10.6 Å². The van der Waals surface area contributed by atoms with Gasteiger partial charge < -0.3 is 20.1 Å². The molecule has 5 nitrogen and oxygen atoms in total. The Morgan fingerprint density at radius 1 is 1.55 bits per heavy atom. The van der Waals surface area contributed by atoms with Crippen LogP contribution in [0.3, 0.4) is 0 Å². The Hall–Kier alpha value is -1.75. The molecule has 1 aromatic rings. The molecule has 1 aromatic carbocycles. The lowest BCUT2D eigenvalue weighted by Gasteiger charge is -2.12. The number of carbonyl (C=O) groups is 1. The van der Waals surface area contributed by atoms with E-state index in [1.54, 1.807) is 0 Å². The van der Waals surface area contributed by atoms with Gasteiger partial charge in [-0.3, -0.25) is 4.79 Å². The lowest BCUT2D eigenvalue weighted by atomic mass is 10.1. The van der Waals surface area contributed by atoms with Gasteiger partial charge in [-0.2, -0.15) is 0 Å². The van der Waals surface area contributed by atoms with Crippen LogP contribution in [-0.2, 0) is 4.79 Å². The van der Waals surface area contributed by atoms with Gasteiger partial charge in [-0.1, -0.05) is 6.92 Å². The Kier molecular flexibility index (Phi) is 4.84. The maximum atomic E-state index is 11.6. The molecular weight excluding hydrogens is 256 g/mol. The van der Waals surface area contributed by atoms with Crippen LogP contribution in [-0.4, -0.2) is 32.2 Å². The maximum Gasteiger partial charge on any atom is 0.258 e. The van der Waals surface area contributed by atoms with Crippen molar-refractivity contribution >= 4 is 5.91 Å². The molecule has 1 aliphatic heterocycles. The van der Waals surface area contributed by atoms with Gasteiger partial charge in [0.25, 0.3) is 5.91 Å². The van der Waals surface area contributed by atoms with Crippen molar-refractivity contribution in [3.63, 3.8) is 0 Å². The van der Waals surface area contributed by atoms with E-state index in [9.17, 15) is 4.79 Å². The summed E-state index contributed by atoms with van der Waals surface area (Å²) >= 11 is 0. The maximum absolute atomic E-state index is 11.6. The molecule has 0 aliphatic carbocycles. The molecule has 5 heteroatoms. The molecule has 2 rings (SSSR count). The van der Waals surface area contributed by atoms with Crippen LogP contribution in [0.4, 0.5) is 0 Å². The van der Waals surface area contributed by atoms with Crippen LogP contribution in [0.1, 0.15) is 31.9 Å². The van der Waals surface area contributed by atoms with Crippen molar-refractivity contribution in [3.05, 3.63) is 23.8 Å². The molecule has 0 saturated heterocycles. The molecule has 2 unspecified atom stereocenters. The fourth-order valence-corrected chi connectivity index (χ4v) is 2.09. The van der Waals surface area contributed by atoms with Gasteiger partial charge in [-0.05, 0) is 32.5 Å². The van der Waals surface area contributed by atoms with Crippen LogP contribution in [0.25, 0.3) is 0 Å². The number of ether oxygens (including phenoxy) is 2. The molecule has 1 aliphatic rings. The number of nitrogens with one attached hydrogen (secondary N) is 2. The van der Waals surface area contributed by atoms with Crippen molar-refractivity contribution < 1.29 is 14.3 Å². The molecular formula is C15H22N2O3. The quantitative estimate of drug-likeness (QED) is 0.830. The van der Waals surface area contributed by atoms with E-state index in [1.807, 2.05) is 39.1 Å². The standard InChI is InChI=1S/C15H22N2O3/c1-4-10(2)17-15(18)9-19-11-5-6-12-13(16-3)8-20-14(12)7-11/h5-7,10,13,16H,4,8-9H2,1-3H3,(H,17,18). The molecule has 0 spiro atoms. The van der Waals surface area contributed by atoms with Crippen molar-refractivity contribution in [2.24, 2.45) is 0 Å². The van der Waals surface area contributed by atoms with E-state index >= 15 is 0 Å². The highest BCUT2D eigenvalue weighted by atomic mass is 16.5. The average Bonchev–Trinajstić information content (AvgIpc) is 2.87. The summed E-state index contributed by atoms with van der Waals surface area (Å²) in [6, 6.07) is 6.08. The Morgan fingerprint density at radius 2 is 2.35 bits per heavy atom. The molecule has 1 heterocycles. The smallest absolute Gasteiger partial charge is 0.258 e. The molecule has 0 radical (unpaired) electrons. The van der Waals surface area contributed by atoms with E-state index in [-0.39, 0.29) is 24.6 Å². The van der Waals surface area contributed by atoms with Crippen LogP contribution >= 0.6 is 0 Å². The summed E-state index contributed by atoms with van der Waals surface area (Å²) in [5, 5.41) is 6.05. The minimum Gasteiger partial charge on any atom is -0.491 e. The SMILES string of the molecule is CCC(C)NC(=O)COc1ccc2c(c1)OCC2NC. The highest BCUT2D eigenvalue weighted by molar-refractivity contribution is 5.77. The van der Waals surface area contributed by atoms with E-state index < -0.39 is 0 Å². The van der Waals surface area contributed by atoms with Gasteiger partial charge in [0.05, 0.1) is 6.04 Å². The second-order valence-electron chi connectivity index (χ2n) is 5.02. The fraction of sp³-hybridized carbons (Fsp3) is 0.533. The van der Waals surface area contributed by atoms with Gasteiger partial charge in [0.15, 0.2) is 6.61 Å². The number of hydrogen-bond acceptors (Lipinski definition) is 4. The molecule has 2 atom stereocenters. The van der Waals surface area contributed by atoms with Gasteiger partial charge in [0.1, 0.15) is 18.1 Å². The predicted molar refractivity (Wildman–Crippen MR) is 77.1 cm³/mol. The van der Waals surface area contributed by atoms with Crippen molar-refractivity contribution in [3.8, 4) is 11.5 Å². The largest absolute Gasteiger partial charge is 0.491 e. The highest BCUT2D eigenvalue weighted by Gasteiger charge is 2.22. The number of likely N-dealkylation sites (N-methyl/N-ethyl adjacent to an activating group) is 1. The van der Waals surface area contributed by atoms with Crippen molar-refractivity contribution in [2.75, 3.05) is 20.3 Å². The second kappa shape index (κ2) is 6.61. The minimum absolute atomic E-state index is 0.0264. The Morgan fingerprint density at radius 3 is 3.05 bits per heavy atom. The van der Waals surface area contributed by atoms with Gasteiger partial charge in [0.2, 0.25) is 0 Å². The third-order valence-corrected chi connectivity index (χ3v) is 3.50. The first-order valence-electron chi connectivity index (χ1n) is 7.00. The summed E-state index contributed by atoms with van der Waals surface area (Å²) in [5.74, 6) is 1.37. The van der Waals surface area contributed by atoms with Crippen LogP contribution < -0.4 is 20.1 Å². The van der Waals surface area contributed by atoms with Crippen LogP contribution in [0.15, 0.2) is 18.2 Å². The molecule has 20 heavy (non-hydrogen) atoms. The van der Waals surface area contributed by atoms with Crippen LogP contribution in [0.5, 0.6) is 11.5 Å². The third-order valence-electron chi connectivity index (χ3n) is 3.50. The number of hydrogen-bond donors (Lipinski definition) is 2. The Balaban J connectivity index is 1.90. The lowest BCUT2D eigenvalue weighted by Crippen LogP contribution is -2.35. The van der Waals surface area contributed by atoms with Gasteiger partial charge in [-0.25, -0.2) is 0 Å². The van der Waals surface area contributed by atoms with Gasteiger partial charge >= 0.3 is 0 Å². The summed E-state index contributed by atoms with van der Waals surface area (Å²) in [5.41, 5.74) is 1.13. The zero-order valence-corrected chi connectivity index (χ0v) is 12.2. The molecule has 1 amide bonds. The summed E-state index contributed by atoms with van der Waals surface area (Å²) in [6.07, 6.45) is 0.907. The zero-order chi connectivity index (χ0) is 14.5. The summed E-state index contributed by atoms with van der Waals surface area (Å²) in [4.78, 5) is 11.6. The normalized spacial score (nSPS) is 18.1. The Bertz CT molecular complexity index is 476. The fourth-order valence-electron chi connectivity index (χ4n) is 2.09. The van der Waals surface area contributed by atoms with E-state index in [0.717, 1.165) is 17.7 Å². The van der Waals surface area contributed by atoms with Gasteiger partial charge in [-0.15, -0.1) is 0 Å². The van der Waals surface area contributed by atoms with Crippen molar-refractivity contribution in [1.82, 2.24) is 10.6 Å². The van der Waals surface area contributed by atoms with Crippen molar-refractivity contribution in [1.29, 1.82) is 0 Å². The van der Waals surface area contributed by atoms with E-state index in [0.29, 0.717) is 12.4 Å². The summed E-state index contributed by atoms with van der Waals surface area (Å²) < 4.78 is 11.1. The monoisotopic (exact) mass is 278 g/mol. The summed E-state index contributed by atoms with van der Waals surface area (Å²) in [7, 11) is 1.91. The molecule has 2 N–H and O–H groups in total. The number of amides is 1. The first-order chi connectivity index (χ1) is 9.63. The third kappa shape index (κ3) is 3.42. The first kappa shape index (κ1) is 14.7. The summed E-state index contributed by atoms with van der Waals surface area (Å²) in [6.45, 7) is 4.66. The topological polar surface area (TPSA) is 59.6 Å². The molecule has 0 saturated carbocycles.